The molecule has 2 aromatic heterocycles. The summed E-state index contributed by atoms with van der Waals surface area (Å²) in [6, 6.07) is 4.68. The minimum Gasteiger partial charge on any atom is -0.237 e. The third-order valence-corrected chi connectivity index (χ3v) is 1.55. The Morgan fingerprint density at radius 1 is 1.00 bits per heavy atom. The van der Waals surface area contributed by atoms with Crippen LogP contribution in [0.15, 0.2) is 36.8 Å². The Balaban J connectivity index is 2.48. The van der Waals surface area contributed by atoms with E-state index in [1.54, 1.807) is 24.5 Å². The number of halogens is 1. The highest BCUT2D eigenvalue weighted by Gasteiger charge is 2.00. The summed E-state index contributed by atoms with van der Waals surface area (Å²) in [7, 11) is 0. The topological polar surface area (TPSA) is 38.7 Å². The van der Waals surface area contributed by atoms with Gasteiger partial charge in [-0.05, 0) is 12.1 Å². The lowest BCUT2D eigenvalue weighted by molar-refractivity contribution is 0.584. The third-order valence-electron chi connectivity index (χ3n) is 1.55. The molecule has 64 valence electrons. The number of nitrogens with zero attached hydrogens (tertiary/aromatic N) is 3. The van der Waals surface area contributed by atoms with Gasteiger partial charge in [-0.2, -0.15) is 4.39 Å². The van der Waals surface area contributed by atoms with Gasteiger partial charge in [0.2, 0.25) is 5.95 Å². The Morgan fingerprint density at radius 2 is 1.77 bits per heavy atom. The number of rotatable bonds is 1. The zero-order valence-corrected chi connectivity index (χ0v) is 6.68. The van der Waals surface area contributed by atoms with Gasteiger partial charge in [0, 0.05) is 30.2 Å². The van der Waals surface area contributed by atoms with Gasteiger partial charge in [0.25, 0.3) is 0 Å². The van der Waals surface area contributed by atoms with Crippen LogP contribution in [0.5, 0.6) is 0 Å². The Labute approximate surface area is 74.3 Å². The van der Waals surface area contributed by atoms with E-state index >= 15 is 0 Å². The number of hydrogen-bond acceptors (Lipinski definition) is 3. The first kappa shape index (κ1) is 7.79. The van der Waals surface area contributed by atoms with E-state index < -0.39 is 5.95 Å². The molecule has 13 heavy (non-hydrogen) atoms. The van der Waals surface area contributed by atoms with Gasteiger partial charge in [-0.25, -0.2) is 15.0 Å². The van der Waals surface area contributed by atoms with Crippen LogP contribution in [0.3, 0.4) is 0 Å². The molecule has 3 nitrogen and oxygen atoms in total. The third kappa shape index (κ3) is 1.66. The smallest absolute Gasteiger partial charge is 0.213 e. The molecule has 0 aliphatic rings. The SMILES string of the molecule is Fc1cc(-c2ncccn2)ccn1. The lowest BCUT2D eigenvalue weighted by Crippen LogP contribution is -1.88. The van der Waals surface area contributed by atoms with Gasteiger partial charge < -0.3 is 0 Å². The summed E-state index contributed by atoms with van der Waals surface area (Å²) < 4.78 is 12.7. The molecule has 0 aliphatic heterocycles. The minimum absolute atomic E-state index is 0.504. The van der Waals surface area contributed by atoms with Crippen LogP contribution in [0.2, 0.25) is 0 Å². The summed E-state index contributed by atoms with van der Waals surface area (Å²) in [4.78, 5) is 11.4. The van der Waals surface area contributed by atoms with Crippen molar-refractivity contribution >= 4 is 0 Å². The van der Waals surface area contributed by atoms with Crippen LogP contribution in [-0.2, 0) is 0 Å². The molecular weight excluding hydrogens is 169 g/mol. The first-order chi connectivity index (χ1) is 6.36. The van der Waals surface area contributed by atoms with Gasteiger partial charge in [-0.3, -0.25) is 0 Å². The van der Waals surface area contributed by atoms with E-state index in [0.29, 0.717) is 11.4 Å². The Kier molecular flexibility index (Phi) is 1.96. The molecule has 0 atom stereocenters. The Hall–Kier alpha value is -1.84. The van der Waals surface area contributed by atoms with Crippen molar-refractivity contribution < 1.29 is 4.39 Å². The molecule has 2 heterocycles. The van der Waals surface area contributed by atoms with E-state index in [2.05, 4.69) is 15.0 Å². The van der Waals surface area contributed by atoms with Crippen LogP contribution in [-0.4, -0.2) is 15.0 Å². The fourth-order valence-corrected chi connectivity index (χ4v) is 0.990. The van der Waals surface area contributed by atoms with E-state index in [1.807, 2.05) is 0 Å². The van der Waals surface area contributed by atoms with Crippen molar-refractivity contribution in [3.05, 3.63) is 42.7 Å². The Morgan fingerprint density at radius 3 is 2.46 bits per heavy atom. The van der Waals surface area contributed by atoms with Gasteiger partial charge in [-0.1, -0.05) is 0 Å². The second-order valence-electron chi connectivity index (χ2n) is 2.44. The van der Waals surface area contributed by atoms with Crippen molar-refractivity contribution in [1.82, 2.24) is 15.0 Å². The zero-order valence-electron chi connectivity index (χ0n) is 6.68. The summed E-state index contributed by atoms with van der Waals surface area (Å²) in [5.74, 6) is -0.0197. The number of aromatic nitrogens is 3. The average molecular weight is 175 g/mol. The summed E-state index contributed by atoms with van der Waals surface area (Å²) in [5.41, 5.74) is 0.633. The number of hydrogen-bond donors (Lipinski definition) is 0. The fraction of sp³-hybridized carbons (Fsp3) is 0. The highest BCUT2D eigenvalue weighted by molar-refractivity contribution is 5.52. The van der Waals surface area contributed by atoms with Crippen LogP contribution in [0, 0.1) is 5.95 Å². The molecule has 0 spiro atoms. The molecule has 0 unspecified atom stereocenters. The molecule has 0 bridgehead atoms. The Bertz CT molecular complexity index is 403. The molecule has 0 aliphatic carbocycles. The van der Waals surface area contributed by atoms with Crippen LogP contribution in [0.4, 0.5) is 4.39 Å². The molecule has 4 heteroatoms. The molecule has 0 amide bonds. The largest absolute Gasteiger partial charge is 0.237 e. The van der Waals surface area contributed by atoms with Crippen molar-refractivity contribution in [2.45, 2.75) is 0 Å². The molecule has 0 fully saturated rings. The summed E-state index contributed by atoms with van der Waals surface area (Å²) >= 11 is 0. The van der Waals surface area contributed by atoms with E-state index in [4.69, 9.17) is 0 Å². The first-order valence-electron chi connectivity index (χ1n) is 3.75. The fourth-order valence-electron chi connectivity index (χ4n) is 0.990. The maximum absolute atomic E-state index is 12.7. The monoisotopic (exact) mass is 175 g/mol. The maximum Gasteiger partial charge on any atom is 0.213 e. The highest BCUT2D eigenvalue weighted by atomic mass is 19.1. The minimum atomic E-state index is -0.523. The van der Waals surface area contributed by atoms with Crippen molar-refractivity contribution in [3.8, 4) is 11.4 Å². The van der Waals surface area contributed by atoms with Gasteiger partial charge in [0.15, 0.2) is 5.82 Å². The van der Waals surface area contributed by atoms with E-state index in [9.17, 15) is 4.39 Å². The van der Waals surface area contributed by atoms with Gasteiger partial charge in [0.05, 0.1) is 0 Å². The molecule has 0 radical (unpaired) electrons. The van der Waals surface area contributed by atoms with E-state index in [-0.39, 0.29) is 0 Å². The molecule has 0 aromatic carbocycles. The quantitative estimate of drug-likeness (QED) is 0.619. The normalized spacial score (nSPS) is 9.92. The first-order valence-corrected chi connectivity index (χ1v) is 3.75. The van der Waals surface area contributed by atoms with Crippen molar-refractivity contribution in [3.63, 3.8) is 0 Å². The maximum atomic E-state index is 12.7. The van der Waals surface area contributed by atoms with Crippen LogP contribution in [0.25, 0.3) is 11.4 Å². The summed E-state index contributed by atoms with van der Waals surface area (Å²) in [6.45, 7) is 0. The van der Waals surface area contributed by atoms with Crippen LogP contribution >= 0.6 is 0 Å². The molecule has 0 N–H and O–H groups in total. The summed E-state index contributed by atoms with van der Waals surface area (Å²) in [6.07, 6.45) is 4.61. The van der Waals surface area contributed by atoms with E-state index in [1.165, 1.54) is 12.3 Å². The molecule has 0 saturated heterocycles. The molecule has 2 aromatic rings. The molecule has 2 rings (SSSR count). The average Bonchev–Trinajstić information content (AvgIpc) is 2.19. The molecular formula is C9H6FN3. The van der Waals surface area contributed by atoms with Crippen molar-refractivity contribution in [2.75, 3.05) is 0 Å². The predicted molar refractivity (Wildman–Crippen MR) is 45.2 cm³/mol. The summed E-state index contributed by atoms with van der Waals surface area (Å²) in [5, 5.41) is 0. The van der Waals surface area contributed by atoms with Gasteiger partial charge >= 0.3 is 0 Å². The van der Waals surface area contributed by atoms with Crippen molar-refractivity contribution in [1.29, 1.82) is 0 Å². The van der Waals surface area contributed by atoms with Gasteiger partial charge in [0.1, 0.15) is 0 Å². The van der Waals surface area contributed by atoms with E-state index in [0.717, 1.165) is 0 Å². The lowest BCUT2D eigenvalue weighted by Gasteiger charge is -1.97. The lowest BCUT2D eigenvalue weighted by atomic mass is 10.2. The molecule has 0 saturated carbocycles. The second kappa shape index (κ2) is 3.26. The highest BCUT2D eigenvalue weighted by Crippen LogP contribution is 2.12. The van der Waals surface area contributed by atoms with Crippen LogP contribution in [0.1, 0.15) is 0 Å². The second-order valence-corrected chi connectivity index (χ2v) is 2.44. The van der Waals surface area contributed by atoms with Crippen molar-refractivity contribution in [2.24, 2.45) is 0 Å². The standard InChI is InChI=1S/C9H6FN3/c10-8-6-7(2-5-11-8)9-12-3-1-4-13-9/h1-6H. The predicted octanol–water partition coefficient (Wildman–Crippen LogP) is 1.68. The number of pyridine rings is 1. The van der Waals surface area contributed by atoms with Crippen LogP contribution < -0.4 is 0 Å². The zero-order chi connectivity index (χ0) is 9.10. The van der Waals surface area contributed by atoms with Gasteiger partial charge in [-0.15, -0.1) is 0 Å².